The average Bonchev–Trinajstić information content (AvgIpc) is 2.93. The van der Waals surface area contributed by atoms with Crippen LogP contribution in [0.15, 0.2) is 47.2 Å². The van der Waals surface area contributed by atoms with Gasteiger partial charge in [-0.3, -0.25) is 10.8 Å². The Kier molecular flexibility index (Phi) is 3.29. The van der Waals surface area contributed by atoms with E-state index in [-0.39, 0.29) is 6.04 Å². The maximum Gasteiger partial charge on any atom is 0.0718 e. The zero-order valence-corrected chi connectivity index (χ0v) is 11.4. The van der Waals surface area contributed by atoms with Gasteiger partial charge in [0.05, 0.1) is 11.6 Å². The molecule has 0 fully saturated rings. The average molecular weight is 269 g/mol. The number of hydrogen-bond donors (Lipinski definition) is 2. The van der Waals surface area contributed by atoms with Crippen molar-refractivity contribution in [1.29, 1.82) is 0 Å². The fraction of sp³-hybridized carbons (Fsp3) is 0.133. The molecular formula is C15H15N3S. The number of hydrogen-bond acceptors (Lipinski definition) is 4. The normalized spacial score (nSPS) is 12.7. The number of aromatic nitrogens is 1. The highest BCUT2D eigenvalue weighted by Gasteiger charge is 2.13. The number of thiophene rings is 1. The molecule has 2 heterocycles. The smallest absolute Gasteiger partial charge is 0.0718 e. The summed E-state index contributed by atoms with van der Waals surface area (Å²) in [6, 6.07) is 12.5. The molecule has 0 radical (unpaired) electrons. The van der Waals surface area contributed by atoms with Gasteiger partial charge in [0.25, 0.3) is 0 Å². The Labute approximate surface area is 116 Å². The van der Waals surface area contributed by atoms with E-state index >= 15 is 0 Å². The molecule has 3 aromatic rings. The lowest BCUT2D eigenvalue weighted by atomic mass is 10.00. The third kappa shape index (κ3) is 2.38. The fourth-order valence-electron chi connectivity index (χ4n) is 2.25. The Morgan fingerprint density at radius 2 is 2.05 bits per heavy atom. The lowest BCUT2D eigenvalue weighted by Gasteiger charge is -2.15. The zero-order chi connectivity index (χ0) is 13.2. The first-order chi connectivity index (χ1) is 9.28. The van der Waals surface area contributed by atoms with Gasteiger partial charge in [0.15, 0.2) is 0 Å². The van der Waals surface area contributed by atoms with Gasteiger partial charge in [-0.15, -0.1) is 0 Å². The van der Waals surface area contributed by atoms with Crippen LogP contribution >= 0.6 is 11.3 Å². The van der Waals surface area contributed by atoms with Crippen LogP contribution in [0.3, 0.4) is 0 Å². The standard InChI is InChI=1S/C15H15N3S/c1-10-2-3-11-8-12(4-5-14(11)17-10)15(18-16)13-6-7-19-9-13/h2-9,15,18H,16H2,1H3. The minimum atomic E-state index is 0.0250. The number of rotatable bonds is 3. The number of fused-ring (bicyclic) bond motifs is 1. The van der Waals surface area contributed by atoms with E-state index < -0.39 is 0 Å². The topological polar surface area (TPSA) is 50.9 Å². The number of nitrogens with one attached hydrogen (secondary N) is 1. The van der Waals surface area contributed by atoms with Crippen molar-refractivity contribution in [2.45, 2.75) is 13.0 Å². The van der Waals surface area contributed by atoms with Gasteiger partial charge in [-0.1, -0.05) is 12.1 Å². The molecule has 1 aromatic carbocycles. The monoisotopic (exact) mass is 269 g/mol. The van der Waals surface area contributed by atoms with E-state index in [1.165, 1.54) is 5.56 Å². The van der Waals surface area contributed by atoms with E-state index in [1.807, 2.05) is 19.1 Å². The van der Waals surface area contributed by atoms with Crippen molar-refractivity contribution in [3.8, 4) is 0 Å². The van der Waals surface area contributed by atoms with Crippen molar-refractivity contribution in [3.05, 3.63) is 64.0 Å². The van der Waals surface area contributed by atoms with Gasteiger partial charge >= 0.3 is 0 Å². The zero-order valence-electron chi connectivity index (χ0n) is 10.6. The van der Waals surface area contributed by atoms with Crippen LogP contribution in [-0.4, -0.2) is 4.98 Å². The summed E-state index contributed by atoms with van der Waals surface area (Å²) in [5.74, 6) is 5.70. The molecule has 1 unspecified atom stereocenters. The molecular weight excluding hydrogens is 254 g/mol. The Balaban J connectivity index is 2.07. The molecule has 96 valence electrons. The van der Waals surface area contributed by atoms with E-state index in [0.717, 1.165) is 22.2 Å². The highest BCUT2D eigenvalue weighted by molar-refractivity contribution is 7.08. The first-order valence-corrected chi connectivity index (χ1v) is 7.08. The lowest BCUT2D eigenvalue weighted by molar-refractivity contribution is 0.639. The van der Waals surface area contributed by atoms with Crippen molar-refractivity contribution >= 4 is 22.2 Å². The Bertz CT molecular complexity index is 692. The lowest BCUT2D eigenvalue weighted by Crippen LogP contribution is -2.28. The van der Waals surface area contributed by atoms with Crippen LogP contribution in [0.5, 0.6) is 0 Å². The second-order valence-corrected chi connectivity index (χ2v) is 5.34. The molecule has 0 aliphatic heterocycles. The Morgan fingerprint density at radius 1 is 1.16 bits per heavy atom. The SMILES string of the molecule is Cc1ccc2cc(C(NN)c3ccsc3)ccc2n1. The predicted octanol–water partition coefficient (Wildman–Crippen LogP) is 3.16. The molecule has 0 amide bonds. The number of aryl methyl sites for hydroxylation is 1. The molecule has 3 N–H and O–H groups in total. The third-order valence-corrected chi connectivity index (χ3v) is 3.93. The first-order valence-electron chi connectivity index (χ1n) is 6.13. The van der Waals surface area contributed by atoms with Gasteiger partial charge in [-0.25, -0.2) is 5.43 Å². The van der Waals surface area contributed by atoms with E-state index in [0.29, 0.717) is 0 Å². The van der Waals surface area contributed by atoms with Crippen LogP contribution in [-0.2, 0) is 0 Å². The Hall–Kier alpha value is -1.75. The maximum absolute atomic E-state index is 5.70. The van der Waals surface area contributed by atoms with Gasteiger partial charge in [0.2, 0.25) is 0 Å². The van der Waals surface area contributed by atoms with Crippen LogP contribution in [0, 0.1) is 6.92 Å². The summed E-state index contributed by atoms with van der Waals surface area (Å²) in [6.07, 6.45) is 0. The third-order valence-electron chi connectivity index (χ3n) is 3.23. The number of pyridine rings is 1. The number of nitrogens with two attached hydrogens (primary N) is 1. The molecule has 0 bridgehead atoms. The molecule has 0 aliphatic rings. The summed E-state index contributed by atoms with van der Waals surface area (Å²) in [7, 11) is 0. The second-order valence-electron chi connectivity index (χ2n) is 4.56. The number of nitrogens with zero attached hydrogens (tertiary/aromatic N) is 1. The fourth-order valence-corrected chi connectivity index (χ4v) is 2.94. The van der Waals surface area contributed by atoms with Crippen molar-refractivity contribution in [1.82, 2.24) is 10.4 Å². The minimum Gasteiger partial charge on any atom is -0.271 e. The second kappa shape index (κ2) is 5.09. The summed E-state index contributed by atoms with van der Waals surface area (Å²) < 4.78 is 0. The van der Waals surface area contributed by atoms with E-state index in [9.17, 15) is 0 Å². The van der Waals surface area contributed by atoms with Crippen LogP contribution in [0.25, 0.3) is 10.9 Å². The van der Waals surface area contributed by atoms with Crippen LogP contribution in [0.4, 0.5) is 0 Å². The molecule has 2 aromatic heterocycles. The summed E-state index contributed by atoms with van der Waals surface area (Å²) in [5.41, 5.74) is 7.27. The molecule has 0 saturated carbocycles. The van der Waals surface area contributed by atoms with E-state index in [1.54, 1.807) is 11.3 Å². The molecule has 3 nitrogen and oxygen atoms in total. The van der Waals surface area contributed by atoms with Crippen molar-refractivity contribution in [2.75, 3.05) is 0 Å². The number of benzene rings is 1. The van der Waals surface area contributed by atoms with E-state index in [4.69, 9.17) is 5.84 Å². The quantitative estimate of drug-likeness (QED) is 0.567. The van der Waals surface area contributed by atoms with Crippen LogP contribution in [0.2, 0.25) is 0 Å². The first kappa shape index (κ1) is 12.3. The summed E-state index contributed by atoms with van der Waals surface area (Å²) in [4.78, 5) is 4.52. The minimum absolute atomic E-state index is 0.0250. The maximum atomic E-state index is 5.70. The predicted molar refractivity (Wildman–Crippen MR) is 80.0 cm³/mol. The summed E-state index contributed by atoms with van der Waals surface area (Å²) in [5, 5.41) is 5.31. The molecule has 0 saturated heterocycles. The van der Waals surface area contributed by atoms with Gasteiger partial charge in [0.1, 0.15) is 0 Å². The molecule has 19 heavy (non-hydrogen) atoms. The van der Waals surface area contributed by atoms with Gasteiger partial charge in [-0.2, -0.15) is 11.3 Å². The summed E-state index contributed by atoms with van der Waals surface area (Å²) in [6.45, 7) is 2.00. The molecule has 1 atom stereocenters. The molecule has 0 spiro atoms. The molecule has 0 aliphatic carbocycles. The Morgan fingerprint density at radius 3 is 2.79 bits per heavy atom. The van der Waals surface area contributed by atoms with Gasteiger partial charge < -0.3 is 0 Å². The highest BCUT2D eigenvalue weighted by atomic mass is 32.1. The van der Waals surface area contributed by atoms with Crippen molar-refractivity contribution in [3.63, 3.8) is 0 Å². The highest BCUT2D eigenvalue weighted by Crippen LogP contribution is 2.26. The van der Waals surface area contributed by atoms with Gasteiger partial charge in [-0.05, 0) is 53.1 Å². The van der Waals surface area contributed by atoms with Crippen LogP contribution in [0.1, 0.15) is 22.9 Å². The molecule has 4 heteroatoms. The largest absolute Gasteiger partial charge is 0.271 e. The van der Waals surface area contributed by atoms with Crippen molar-refractivity contribution in [2.24, 2.45) is 5.84 Å². The van der Waals surface area contributed by atoms with E-state index in [2.05, 4.69) is 45.4 Å². The van der Waals surface area contributed by atoms with Crippen LogP contribution < -0.4 is 11.3 Å². The van der Waals surface area contributed by atoms with Crippen molar-refractivity contribution < 1.29 is 0 Å². The van der Waals surface area contributed by atoms with Gasteiger partial charge in [0, 0.05) is 11.1 Å². The molecule has 3 rings (SSSR count). The number of hydrazine groups is 1. The summed E-state index contributed by atoms with van der Waals surface area (Å²) >= 11 is 1.68.